The van der Waals surface area contributed by atoms with E-state index in [0.29, 0.717) is 6.42 Å². The Morgan fingerprint density at radius 2 is 1.81 bits per heavy atom. The molecular weight excluding hydrogens is 200 g/mol. The molecule has 0 saturated heterocycles. The van der Waals surface area contributed by atoms with Gasteiger partial charge in [0.1, 0.15) is 0 Å². The van der Waals surface area contributed by atoms with Crippen LogP contribution in [-0.2, 0) is 11.2 Å². The van der Waals surface area contributed by atoms with Crippen molar-refractivity contribution in [2.75, 3.05) is 0 Å². The Labute approximate surface area is 96.8 Å². The van der Waals surface area contributed by atoms with E-state index in [1.165, 1.54) is 16.7 Å². The topological polar surface area (TPSA) is 69.1 Å². The average molecular weight is 220 g/mol. The standard InChI is InChI=1S/C13H20N2O/c1-9-6-10(2)8-11(7-9)4-3-5-12(14)13(15)16/h6-8,12H,3-5,14H2,1-2H3,(H2,15,16)/t12-/m0/s1. The molecule has 0 aromatic heterocycles. The summed E-state index contributed by atoms with van der Waals surface area (Å²) < 4.78 is 0. The Balaban J connectivity index is 2.46. The van der Waals surface area contributed by atoms with E-state index in [4.69, 9.17) is 11.5 Å². The van der Waals surface area contributed by atoms with Crippen LogP contribution in [0.25, 0.3) is 0 Å². The summed E-state index contributed by atoms with van der Waals surface area (Å²) >= 11 is 0. The fourth-order valence-corrected chi connectivity index (χ4v) is 1.88. The third-order valence-corrected chi connectivity index (χ3v) is 2.63. The summed E-state index contributed by atoms with van der Waals surface area (Å²) in [4.78, 5) is 10.7. The van der Waals surface area contributed by atoms with Crippen molar-refractivity contribution >= 4 is 5.91 Å². The molecule has 16 heavy (non-hydrogen) atoms. The van der Waals surface area contributed by atoms with Crippen LogP contribution in [-0.4, -0.2) is 11.9 Å². The molecular formula is C13H20N2O. The van der Waals surface area contributed by atoms with Gasteiger partial charge in [-0.05, 0) is 38.7 Å². The fourth-order valence-electron chi connectivity index (χ4n) is 1.88. The first-order valence-electron chi connectivity index (χ1n) is 5.61. The first-order valence-corrected chi connectivity index (χ1v) is 5.61. The van der Waals surface area contributed by atoms with Crippen LogP contribution in [0.4, 0.5) is 0 Å². The normalized spacial score (nSPS) is 12.4. The largest absolute Gasteiger partial charge is 0.368 e. The van der Waals surface area contributed by atoms with Gasteiger partial charge in [-0.1, -0.05) is 29.3 Å². The summed E-state index contributed by atoms with van der Waals surface area (Å²) in [5.41, 5.74) is 14.5. The quantitative estimate of drug-likeness (QED) is 0.788. The molecule has 4 N–H and O–H groups in total. The van der Waals surface area contributed by atoms with Crippen molar-refractivity contribution < 1.29 is 4.79 Å². The van der Waals surface area contributed by atoms with Gasteiger partial charge in [0.05, 0.1) is 6.04 Å². The minimum Gasteiger partial charge on any atom is -0.368 e. The number of hydrogen-bond donors (Lipinski definition) is 2. The van der Waals surface area contributed by atoms with Gasteiger partial charge in [0, 0.05) is 0 Å². The predicted octanol–water partition coefficient (Wildman–Crippen LogP) is 1.44. The lowest BCUT2D eigenvalue weighted by molar-refractivity contribution is -0.119. The summed E-state index contributed by atoms with van der Waals surface area (Å²) in [5.74, 6) is -0.416. The summed E-state index contributed by atoms with van der Waals surface area (Å²) in [7, 11) is 0. The summed E-state index contributed by atoms with van der Waals surface area (Å²) in [6, 6.07) is 5.98. The van der Waals surface area contributed by atoms with E-state index in [2.05, 4.69) is 32.0 Å². The Morgan fingerprint density at radius 3 is 2.31 bits per heavy atom. The molecule has 88 valence electrons. The van der Waals surface area contributed by atoms with Crippen molar-refractivity contribution in [2.24, 2.45) is 11.5 Å². The second-order valence-electron chi connectivity index (χ2n) is 4.40. The van der Waals surface area contributed by atoms with Gasteiger partial charge in [-0.2, -0.15) is 0 Å². The highest BCUT2D eigenvalue weighted by Crippen LogP contribution is 2.12. The molecule has 0 aliphatic carbocycles. The molecule has 1 rings (SSSR count). The molecule has 0 spiro atoms. The van der Waals surface area contributed by atoms with Gasteiger partial charge < -0.3 is 11.5 Å². The maximum atomic E-state index is 10.7. The zero-order chi connectivity index (χ0) is 12.1. The maximum absolute atomic E-state index is 10.7. The molecule has 3 nitrogen and oxygen atoms in total. The number of aryl methyl sites for hydroxylation is 3. The van der Waals surface area contributed by atoms with Crippen LogP contribution in [0.15, 0.2) is 18.2 Å². The molecule has 1 aromatic rings. The van der Waals surface area contributed by atoms with Gasteiger partial charge in [-0.15, -0.1) is 0 Å². The molecule has 3 heteroatoms. The predicted molar refractivity (Wildman–Crippen MR) is 66.0 cm³/mol. The second-order valence-corrected chi connectivity index (χ2v) is 4.40. The smallest absolute Gasteiger partial charge is 0.234 e. The second kappa shape index (κ2) is 5.66. The van der Waals surface area contributed by atoms with Crippen LogP contribution in [0.2, 0.25) is 0 Å². The van der Waals surface area contributed by atoms with Crippen molar-refractivity contribution in [1.29, 1.82) is 0 Å². The van der Waals surface area contributed by atoms with E-state index in [1.807, 2.05) is 0 Å². The van der Waals surface area contributed by atoms with E-state index in [0.717, 1.165) is 12.8 Å². The van der Waals surface area contributed by atoms with E-state index >= 15 is 0 Å². The van der Waals surface area contributed by atoms with Crippen molar-refractivity contribution in [3.63, 3.8) is 0 Å². The van der Waals surface area contributed by atoms with Gasteiger partial charge in [-0.25, -0.2) is 0 Å². The van der Waals surface area contributed by atoms with Crippen LogP contribution in [0.3, 0.4) is 0 Å². The molecule has 0 heterocycles. The van der Waals surface area contributed by atoms with Gasteiger partial charge in [0.2, 0.25) is 5.91 Å². The number of nitrogens with two attached hydrogens (primary N) is 2. The summed E-state index contributed by atoms with van der Waals surface area (Å²) in [6.45, 7) is 4.18. The molecule has 1 atom stereocenters. The lowest BCUT2D eigenvalue weighted by Crippen LogP contribution is -2.36. The fraction of sp³-hybridized carbons (Fsp3) is 0.462. The minimum atomic E-state index is -0.508. The highest BCUT2D eigenvalue weighted by Gasteiger charge is 2.08. The maximum Gasteiger partial charge on any atom is 0.234 e. The molecule has 0 radical (unpaired) electrons. The van der Waals surface area contributed by atoms with E-state index in [9.17, 15) is 4.79 Å². The number of carbonyl (C=O) groups excluding carboxylic acids is 1. The number of carbonyl (C=O) groups is 1. The Kier molecular flexibility index (Phi) is 4.50. The lowest BCUT2D eigenvalue weighted by Gasteiger charge is -2.08. The minimum absolute atomic E-state index is 0.416. The highest BCUT2D eigenvalue weighted by molar-refractivity contribution is 5.79. The van der Waals surface area contributed by atoms with Crippen LogP contribution in [0, 0.1) is 13.8 Å². The molecule has 0 bridgehead atoms. The highest BCUT2D eigenvalue weighted by atomic mass is 16.1. The van der Waals surface area contributed by atoms with Crippen LogP contribution >= 0.6 is 0 Å². The SMILES string of the molecule is Cc1cc(C)cc(CCC[C@H](N)C(N)=O)c1. The lowest BCUT2D eigenvalue weighted by atomic mass is 10.0. The number of benzene rings is 1. The zero-order valence-electron chi connectivity index (χ0n) is 9.99. The first-order chi connectivity index (χ1) is 7.49. The Bertz CT molecular complexity index is 354. The Morgan fingerprint density at radius 1 is 1.25 bits per heavy atom. The van der Waals surface area contributed by atoms with Crippen molar-refractivity contribution in [3.05, 3.63) is 34.9 Å². The third-order valence-electron chi connectivity index (χ3n) is 2.63. The number of amides is 1. The number of hydrogen-bond acceptors (Lipinski definition) is 2. The van der Waals surface area contributed by atoms with E-state index in [-0.39, 0.29) is 0 Å². The monoisotopic (exact) mass is 220 g/mol. The zero-order valence-corrected chi connectivity index (χ0v) is 9.99. The molecule has 1 aromatic carbocycles. The molecule has 0 fully saturated rings. The molecule has 0 unspecified atom stereocenters. The van der Waals surface area contributed by atoms with Gasteiger partial charge in [0.25, 0.3) is 0 Å². The third kappa shape index (κ3) is 4.03. The number of primary amides is 1. The van der Waals surface area contributed by atoms with Crippen LogP contribution in [0.1, 0.15) is 29.5 Å². The van der Waals surface area contributed by atoms with E-state index < -0.39 is 11.9 Å². The van der Waals surface area contributed by atoms with Crippen molar-refractivity contribution in [1.82, 2.24) is 0 Å². The molecule has 0 aliphatic heterocycles. The summed E-state index contributed by atoms with van der Waals surface area (Å²) in [5, 5.41) is 0. The van der Waals surface area contributed by atoms with Gasteiger partial charge in [-0.3, -0.25) is 4.79 Å². The molecule has 0 saturated carbocycles. The van der Waals surface area contributed by atoms with Gasteiger partial charge >= 0.3 is 0 Å². The summed E-state index contributed by atoms with van der Waals surface area (Å²) in [6.07, 6.45) is 2.50. The first kappa shape index (κ1) is 12.7. The van der Waals surface area contributed by atoms with Crippen LogP contribution in [0.5, 0.6) is 0 Å². The van der Waals surface area contributed by atoms with Crippen molar-refractivity contribution in [3.8, 4) is 0 Å². The van der Waals surface area contributed by atoms with Crippen LogP contribution < -0.4 is 11.5 Å². The average Bonchev–Trinajstić information content (AvgIpc) is 2.15. The number of rotatable bonds is 5. The molecule has 0 aliphatic rings. The van der Waals surface area contributed by atoms with E-state index in [1.54, 1.807) is 0 Å². The Hall–Kier alpha value is -1.35. The van der Waals surface area contributed by atoms with Crippen molar-refractivity contribution in [2.45, 2.75) is 39.2 Å². The molecule has 1 amide bonds. The van der Waals surface area contributed by atoms with Gasteiger partial charge in [0.15, 0.2) is 0 Å².